The molecule has 0 spiro atoms. The summed E-state index contributed by atoms with van der Waals surface area (Å²) < 4.78 is 22.0. The first kappa shape index (κ1) is 20.2. The van der Waals surface area contributed by atoms with Crippen LogP contribution >= 0.6 is 0 Å². The van der Waals surface area contributed by atoms with Crippen LogP contribution in [0.3, 0.4) is 0 Å². The molecule has 2 heterocycles. The van der Waals surface area contributed by atoms with Crippen LogP contribution in [0.1, 0.15) is 37.3 Å². The second-order valence-electron chi connectivity index (χ2n) is 9.77. The van der Waals surface area contributed by atoms with E-state index < -0.39 is 28.7 Å². The van der Waals surface area contributed by atoms with E-state index in [4.69, 9.17) is 10.8 Å². The number of nitrogens with zero attached hydrogens (tertiary/aromatic N) is 3. The minimum Gasteiger partial charge on any atom is -0.449 e. The molecule has 3 N–H and O–H groups in total. The first-order valence-electron chi connectivity index (χ1n) is 11.3. The maximum absolute atomic E-state index is 15.6. The van der Waals surface area contributed by atoms with Crippen LogP contribution in [0.4, 0.5) is 14.9 Å². The number of carbonyl (C=O) groups is 1. The molecule has 7 rings (SSSR count). The third-order valence-corrected chi connectivity index (χ3v) is 7.94. The highest BCUT2D eigenvalue weighted by atomic mass is 19.1. The summed E-state index contributed by atoms with van der Waals surface area (Å²) in [5.41, 5.74) is 6.16. The van der Waals surface area contributed by atoms with Gasteiger partial charge in [-0.15, -0.1) is 0 Å². The Balaban J connectivity index is 1.53. The minimum absolute atomic E-state index is 0.00294. The molecule has 170 valence electrons. The van der Waals surface area contributed by atoms with Gasteiger partial charge in [0, 0.05) is 30.6 Å². The lowest BCUT2D eigenvalue weighted by molar-refractivity contribution is 0.139. The second kappa shape index (κ2) is 6.81. The van der Waals surface area contributed by atoms with E-state index in [9.17, 15) is 14.9 Å². The first-order valence-corrected chi connectivity index (χ1v) is 11.3. The van der Waals surface area contributed by atoms with E-state index in [1.54, 1.807) is 4.57 Å². The summed E-state index contributed by atoms with van der Waals surface area (Å²) in [7, 11) is 0. The summed E-state index contributed by atoms with van der Waals surface area (Å²) >= 11 is 0. The van der Waals surface area contributed by atoms with Crippen LogP contribution in [-0.4, -0.2) is 34.5 Å². The molecule has 8 nitrogen and oxygen atoms in total. The number of pyridine rings is 1. The average molecular weight is 450 g/mol. The number of halogens is 1. The van der Waals surface area contributed by atoms with E-state index in [-0.39, 0.29) is 28.6 Å². The van der Waals surface area contributed by atoms with Crippen LogP contribution < -0.4 is 20.8 Å². The summed E-state index contributed by atoms with van der Waals surface area (Å²) in [5.74, 6) is -0.180. The highest BCUT2D eigenvalue weighted by molar-refractivity contribution is 5.92. The molecule has 0 amide bonds. The van der Waals surface area contributed by atoms with E-state index >= 15 is 4.39 Å². The van der Waals surface area contributed by atoms with E-state index in [0.717, 1.165) is 31.7 Å². The summed E-state index contributed by atoms with van der Waals surface area (Å²) in [6.45, 7) is 1.15. The molecule has 33 heavy (non-hydrogen) atoms. The lowest BCUT2D eigenvalue weighted by atomic mass is 9.60. The van der Waals surface area contributed by atoms with Gasteiger partial charge >= 0.3 is 6.16 Å². The Hall–Kier alpha value is -3.38. The van der Waals surface area contributed by atoms with E-state index in [1.165, 1.54) is 6.20 Å². The SMILES string of the molecule is N#Cc1c(N2CC3C4C=CC(N)(CC4)C3C2)c(F)cc2c(=O)c(OC(=O)O)cn(C3CC3)c12. The molecule has 2 saturated carbocycles. The average Bonchev–Trinajstić information content (AvgIpc) is 3.52. The van der Waals surface area contributed by atoms with Crippen LogP contribution in [0.5, 0.6) is 5.75 Å². The minimum atomic E-state index is -1.62. The third kappa shape index (κ3) is 2.90. The van der Waals surface area contributed by atoms with Crippen molar-refractivity contribution in [1.82, 2.24) is 4.57 Å². The van der Waals surface area contributed by atoms with Crippen LogP contribution in [0.15, 0.2) is 29.2 Å². The number of rotatable bonds is 3. The zero-order valence-electron chi connectivity index (χ0n) is 17.8. The summed E-state index contributed by atoms with van der Waals surface area (Å²) in [4.78, 5) is 25.9. The number of anilines is 1. The van der Waals surface area contributed by atoms with Gasteiger partial charge in [0.1, 0.15) is 17.4 Å². The van der Waals surface area contributed by atoms with Crippen molar-refractivity contribution in [2.24, 2.45) is 23.5 Å². The molecule has 5 aliphatic rings. The highest BCUT2D eigenvalue weighted by Gasteiger charge is 2.53. The fraction of sp³-hybridized carbons (Fsp3) is 0.458. The lowest BCUT2D eigenvalue weighted by Gasteiger charge is -2.47. The van der Waals surface area contributed by atoms with Crippen LogP contribution in [0, 0.1) is 34.9 Å². The summed E-state index contributed by atoms with van der Waals surface area (Å²) in [6.07, 6.45) is 7.56. The topological polar surface area (TPSA) is 122 Å². The number of benzene rings is 1. The molecular formula is C24H23FN4O4. The van der Waals surface area contributed by atoms with Crippen molar-refractivity contribution in [2.45, 2.75) is 37.3 Å². The molecule has 1 aromatic carbocycles. The van der Waals surface area contributed by atoms with Crippen LogP contribution in [0.25, 0.3) is 10.9 Å². The molecule has 3 fully saturated rings. The maximum atomic E-state index is 15.6. The zero-order valence-corrected chi connectivity index (χ0v) is 17.8. The monoisotopic (exact) mass is 450 g/mol. The van der Waals surface area contributed by atoms with E-state index in [1.807, 2.05) is 4.90 Å². The molecule has 2 aromatic rings. The molecule has 4 atom stereocenters. The number of nitrogens with two attached hydrogens (primary N) is 1. The molecule has 4 aliphatic carbocycles. The number of fused-ring (bicyclic) bond motifs is 2. The van der Waals surface area contributed by atoms with Crippen molar-refractivity contribution in [3.8, 4) is 11.8 Å². The largest absolute Gasteiger partial charge is 0.511 e. The van der Waals surface area contributed by atoms with Crippen LogP contribution in [0.2, 0.25) is 0 Å². The molecule has 1 aliphatic heterocycles. The second-order valence-corrected chi connectivity index (χ2v) is 9.77. The van der Waals surface area contributed by atoms with Gasteiger partial charge in [-0.05, 0) is 43.6 Å². The van der Waals surface area contributed by atoms with Gasteiger partial charge in [0.2, 0.25) is 5.43 Å². The predicted molar refractivity (Wildman–Crippen MR) is 118 cm³/mol. The third-order valence-electron chi connectivity index (χ3n) is 7.94. The molecule has 9 heteroatoms. The Morgan fingerprint density at radius 3 is 2.73 bits per heavy atom. The molecule has 1 saturated heterocycles. The van der Waals surface area contributed by atoms with Gasteiger partial charge in [0.05, 0.1) is 22.8 Å². The molecule has 4 unspecified atom stereocenters. The van der Waals surface area contributed by atoms with Crippen molar-refractivity contribution < 1.29 is 19.0 Å². The molecule has 1 aromatic heterocycles. The number of hydrogen-bond acceptors (Lipinski definition) is 6. The van der Waals surface area contributed by atoms with E-state index in [2.05, 4.69) is 23.0 Å². The fourth-order valence-corrected chi connectivity index (χ4v) is 6.25. The summed E-state index contributed by atoms with van der Waals surface area (Å²) in [5, 5.41) is 19.1. The van der Waals surface area contributed by atoms with Gasteiger partial charge < -0.3 is 25.0 Å². The van der Waals surface area contributed by atoms with Gasteiger partial charge in [-0.25, -0.2) is 9.18 Å². The normalized spacial score (nSPS) is 29.8. The Labute approximate surface area is 188 Å². The Morgan fingerprint density at radius 2 is 2.12 bits per heavy atom. The van der Waals surface area contributed by atoms with Crippen molar-refractivity contribution in [3.63, 3.8) is 0 Å². The van der Waals surface area contributed by atoms with Gasteiger partial charge in [0.15, 0.2) is 5.75 Å². The molecular weight excluding hydrogens is 427 g/mol. The first-order chi connectivity index (χ1) is 15.8. The van der Waals surface area contributed by atoms with Crippen molar-refractivity contribution in [3.05, 3.63) is 46.0 Å². The fourth-order valence-electron chi connectivity index (χ4n) is 6.25. The number of hydrogen-bond donors (Lipinski definition) is 2. The standard InChI is InChI=1S/C24H23FN4O4/c25-18-7-14-20(29(13-1-2-13)11-19(22(14)30)33-23(31)32)15(8-26)21(18)28-9-16-12-3-5-24(27,6-4-12)17(16)10-28/h3,5,7,11-13,16-17H,1-2,4,6,9-10,27H2,(H,31,32). The molecule has 2 bridgehead atoms. The van der Waals surface area contributed by atoms with Crippen molar-refractivity contribution in [2.75, 3.05) is 18.0 Å². The van der Waals surface area contributed by atoms with E-state index in [0.29, 0.717) is 30.4 Å². The Bertz CT molecular complexity index is 1340. The Kier molecular flexibility index (Phi) is 4.18. The number of allylic oxidation sites excluding steroid dienone is 1. The highest BCUT2D eigenvalue weighted by Crippen LogP contribution is 2.51. The zero-order chi connectivity index (χ0) is 23.1. The smallest absolute Gasteiger partial charge is 0.449 e. The quantitative estimate of drug-likeness (QED) is 0.544. The number of carboxylic acid groups (broad SMARTS) is 1. The predicted octanol–water partition coefficient (Wildman–Crippen LogP) is 3.13. The number of ether oxygens (including phenoxy) is 1. The van der Waals surface area contributed by atoms with Gasteiger partial charge in [-0.3, -0.25) is 4.79 Å². The maximum Gasteiger partial charge on any atom is 0.511 e. The molecule has 0 radical (unpaired) electrons. The van der Waals surface area contributed by atoms with Gasteiger partial charge in [-0.1, -0.05) is 12.2 Å². The van der Waals surface area contributed by atoms with Crippen molar-refractivity contribution in [1.29, 1.82) is 5.26 Å². The number of nitriles is 1. The number of aromatic nitrogens is 1. The van der Waals surface area contributed by atoms with Crippen molar-refractivity contribution >= 4 is 22.7 Å². The summed E-state index contributed by atoms with van der Waals surface area (Å²) in [6, 6.07) is 3.27. The Morgan fingerprint density at radius 1 is 1.33 bits per heavy atom. The van der Waals surface area contributed by atoms with Gasteiger partial charge in [0.25, 0.3) is 0 Å². The van der Waals surface area contributed by atoms with Crippen LogP contribution in [-0.2, 0) is 0 Å². The lowest BCUT2D eigenvalue weighted by Crippen LogP contribution is -2.55. The van der Waals surface area contributed by atoms with Gasteiger partial charge in [-0.2, -0.15) is 5.26 Å².